The Hall–Kier alpha value is -0.280. The van der Waals surface area contributed by atoms with Crippen molar-refractivity contribution in [3.8, 4) is 0 Å². The van der Waals surface area contributed by atoms with Crippen molar-refractivity contribution < 1.29 is 34.6 Å². The Morgan fingerprint density at radius 3 is 1.39 bits per heavy atom. The molecule has 0 aromatic heterocycles. The van der Waals surface area contributed by atoms with Crippen LogP contribution < -0.4 is 0 Å². The molecule has 0 radical (unpaired) electrons. The van der Waals surface area contributed by atoms with Gasteiger partial charge in [-0.2, -0.15) is 0 Å². The van der Waals surface area contributed by atoms with Crippen LogP contribution in [0.15, 0.2) is 0 Å². The molecule has 0 heterocycles. The third kappa shape index (κ3) is 20.5. The van der Waals surface area contributed by atoms with Gasteiger partial charge in [0.25, 0.3) is 0 Å². The molecule has 7 nitrogen and oxygen atoms in total. The van der Waals surface area contributed by atoms with Crippen LogP contribution >= 0.6 is 0 Å². The van der Waals surface area contributed by atoms with Gasteiger partial charge in [0.1, 0.15) is 18.3 Å². The van der Waals surface area contributed by atoms with Crippen LogP contribution in [-0.4, -0.2) is 85.0 Å². The minimum atomic E-state index is -0.942. The SMILES string of the molecule is CCCCCCCCCCCCOCC(O)COCC(O)COCC(O)CO. The topological polar surface area (TPSA) is 109 Å². The summed E-state index contributed by atoms with van der Waals surface area (Å²) in [6, 6.07) is 0. The van der Waals surface area contributed by atoms with Crippen LogP contribution in [0.1, 0.15) is 71.1 Å². The van der Waals surface area contributed by atoms with Crippen molar-refractivity contribution in [1.82, 2.24) is 0 Å². The molecule has 0 amide bonds. The minimum absolute atomic E-state index is 0.00238. The lowest BCUT2D eigenvalue weighted by Gasteiger charge is -2.15. The summed E-state index contributed by atoms with van der Waals surface area (Å²) >= 11 is 0. The first-order valence-electron chi connectivity index (χ1n) is 11.0. The van der Waals surface area contributed by atoms with Crippen molar-refractivity contribution in [1.29, 1.82) is 0 Å². The molecule has 0 saturated heterocycles. The van der Waals surface area contributed by atoms with E-state index in [1.807, 2.05) is 0 Å². The summed E-state index contributed by atoms with van der Waals surface area (Å²) in [7, 11) is 0. The predicted octanol–water partition coefficient (Wildman–Crippen LogP) is 2.03. The molecule has 7 heteroatoms. The third-order valence-corrected chi connectivity index (χ3v) is 4.40. The number of ether oxygens (including phenoxy) is 3. The Bertz CT molecular complexity index is 304. The average Bonchev–Trinajstić information content (AvgIpc) is 2.68. The van der Waals surface area contributed by atoms with E-state index in [1.165, 1.54) is 57.8 Å². The molecule has 28 heavy (non-hydrogen) atoms. The lowest BCUT2D eigenvalue weighted by Crippen LogP contribution is -2.29. The Kier molecular flexibility index (Phi) is 21.2. The fraction of sp³-hybridized carbons (Fsp3) is 1.00. The van der Waals surface area contributed by atoms with Gasteiger partial charge in [-0.3, -0.25) is 0 Å². The molecule has 3 atom stereocenters. The van der Waals surface area contributed by atoms with Crippen LogP contribution in [0.3, 0.4) is 0 Å². The van der Waals surface area contributed by atoms with Crippen LogP contribution in [0.2, 0.25) is 0 Å². The summed E-state index contributed by atoms with van der Waals surface area (Å²) in [6.07, 6.45) is 10.3. The van der Waals surface area contributed by atoms with Gasteiger partial charge in [-0.1, -0.05) is 64.7 Å². The normalized spacial score (nSPS) is 14.9. The van der Waals surface area contributed by atoms with Crippen molar-refractivity contribution >= 4 is 0 Å². The molecular formula is C21H44O7. The molecule has 0 spiro atoms. The maximum atomic E-state index is 9.78. The highest BCUT2D eigenvalue weighted by Crippen LogP contribution is 2.10. The number of rotatable bonds is 22. The fourth-order valence-electron chi connectivity index (χ4n) is 2.74. The van der Waals surface area contributed by atoms with Crippen molar-refractivity contribution in [3.63, 3.8) is 0 Å². The van der Waals surface area contributed by atoms with E-state index in [4.69, 9.17) is 24.4 Å². The molecule has 170 valence electrons. The molecule has 0 aromatic rings. The summed E-state index contributed by atoms with van der Waals surface area (Å²) < 4.78 is 15.7. The fourth-order valence-corrected chi connectivity index (χ4v) is 2.74. The van der Waals surface area contributed by atoms with Gasteiger partial charge in [0, 0.05) is 6.61 Å². The highest BCUT2D eigenvalue weighted by molar-refractivity contribution is 4.57. The van der Waals surface area contributed by atoms with Gasteiger partial charge in [0.15, 0.2) is 0 Å². The van der Waals surface area contributed by atoms with Gasteiger partial charge >= 0.3 is 0 Å². The molecule has 0 aliphatic carbocycles. The first-order chi connectivity index (χ1) is 13.6. The molecular weight excluding hydrogens is 364 g/mol. The van der Waals surface area contributed by atoms with E-state index in [2.05, 4.69) is 6.92 Å². The van der Waals surface area contributed by atoms with E-state index in [9.17, 15) is 10.2 Å². The lowest BCUT2D eigenvalue weighted by atomic mass is 10.1. The summed E-state index contributed by atoms with van der Waals surface area (Å²) in [4.78, 5) is 0. The number of hydrogen-bond acceptors (Lipinski definition) is 7. The second-order valence-electron chi connectivity index (χ2n) is 7.48. The maximum absolute atomic E-state index is 9.78. The third-order valence-electron chi connectivity index (χ3n) is 4.40. The van der Waals surface area contributed by atoms with Crippen molar-refractivity contribution in [2.45, 2.75) is 89.4 Å². The molecule has 0 bridgehead atoms. The zero-order valence-corrected chi connectivity index (χ0v) is 17.8. The Morgan fingerprint density at radius 1 is 0.536 bits per heavy atom. The van der Waals surface area contributed by atoms with E-state index in [-0.39, 0.29) is 39.6 Å². The molecule has 0 aromatic carbocycles. The average molecular weight is 409 g/mol. The van der Waals surface area contributed by atoms with Crippen molar-refractivity contribution in [2.24, 2.45) is 0 Å². The zero-order chi connectivity index (χ0) is 20.9. The molecule has 0 aliphatic rings. The van der Waals surface area contributed by atoms with Crippen LogP contribution in [0, 0.1) is 0 Å². The summed E-state index contributed by atoms with van der Waals surface area (Å²) in [5, 5.41) is 37.1. The zero-order valence-electron chi connectivity index (χ0n) is 17.8. The van der Waals surface area contributed by atoms with E-state index in [0.717, 1.165) is 6.42 Å². The quantitative estimate of drug-likeness (QED) is 0.203. The second-order valence-corrected chi connectivity index (χ2v) is 7.48. The predicted molar refractivity (Wildman–Crippen MR) is 109 cm³/mol. The van der Waals surface area contributed by atoms with Gasteiger partial charge in [0.05, 0.1) is 39.6 Å². The number of aliphatic hydroxyl groups is 4. The van der Waals surface area contributed by atoms with E-state index >= 15 is 0 Å². The molecule has 0 saturated carbocycles. The number of unbranched alkanes of at least 4 members (excludes halogenated alkanes) is 9. The monoisotopic (exact) mass is 408 g/mol. The highest BCUT2D eigenvalue weighted by atomic mass is 16.5. The molecule has 4 N–H and O–H groups in total. The van der Waals surface area contributed by atoms with Gasteiger partial charge in [-0.15, -0.1) is 0 Å². The summed E-state index contributed by atoms with van der Waals surface area (Å²) in [5.74, 6) is 0. The van der Waals surface area contributed by atoms with E-state index in [0.29, 0.717) is 6.61 Å². The Labute approximate surface area is 171 Å². The van der Waals surface area contributed by atoms with Crippen molar-refractivity contribution in [2.75, 3.05) is 46.2 Å². The standard InChI is InChI=1S/C21H44O7/c1-2-3-4-5-6-7-8-9-10-11-12-26-15-20(24)16-28-18-21(25)17-27-14-19(23)13-22/h19-25H,2-18H2,1H3. The first kappa shape index (κ1) is 27.7. The smallest absolute Gasteiger partial charge is 0.101 e. The molecule has 0 aliphatic heterocycles. The number of hydrogen-bond donors (Lipinski definition) is 4. The number of aliphatic hydroxyl groups excluding tert-OH is 4. The van der Waals surface area contributed by atoms with Gasteiger partial charge < -0.3 is 34.6 Å². The van der Waals surface area contributed by atoms with E-state index < -0.39 is 18.3 Å². The van der Waals surface area contributed by atoms with Gasteiger partial charge in [-0.25, -0.2) is 0 Å². The Morgan fingerprint density at radius 2 is 0.929 bits per heavy atom. The van der Waals surface area contributed by atoms with Crippen LogP contribution in [0.25, 0.3) is 0 Å². The summed E-state index contributed by atoms with van der Waals surface area (Å²) in [6.45, 7) is 2.83. The van der Waals surface area contributed by atoms with Crippen LogP contribution in [0.5, 0.6) is 0 Å². The minimum Gasteiger partial charge on any atom is -0.394 e. The first-order valence-corrected chi connectivity index (χ1v) is 11.0. The lowest BCUT2D eigenvalue weighted by molar-refractivity contribution is -0.0676. The summed E-state index contributed by atoms with van der Waals surface area (Å²) in [5.41, 5.74) is 0. The van der Waals surface area contributed by atoms with Crippen LogP contribution in [0.4, 0.5) is 0 Å². The van der Waals surface area contributed by atoms with Crippen LogP contribution in [-0.2, 0) is 14.2 Å². The van der Waals surface area contributed by atoms with E-state index in [1.54, 1.807) is 0 Å². The largest absolute Gasteiger partial charge is 0.394 e. The molecule has 0 fully saturated rings. The Balaban J connectivity index is 3.29. The maximum Gasteiger partial charge on any atom is 0.101 e. The highest BCUT2D eigenvalue weighted by Gasteiger charge is 2.10. The van der Waals surface area contributed by atoms with Crippen molar-refractivity contribution in [3.05, 3.63) is 0 Å². The van der Waals surface area contributed by atoms with Gasteiger partial charge in [0.2, 0.25) is 0 Å². The van der Waals surface area contributed by atoms with Gasteiger partial charge in [-0.05, 0) is 6.42 Å². The molecule has 3 unspecified atom stereocenters. The molecule has 0 rings (SSSR count). The second kappa shape index (κ2) is 21.4.